The molecule has 136 valence electrons. The number of nitrogens with one attached hydrogen (secondary N) is 1. The van der Waals surface area contributed by atoms with E-state index in [9.17, 15) is 9.59 Å². The summed E-state index contributed by atoms with van der Waals surface area (Å²) in [4.78, 5) is 25.6. The van der Waals surface area contributed by atoms with E-state index in [0.29, 0.717) is 18.5 Å². The smallest absolute Gasteiger partial charge is 0.249 e. The van der Waals surface area contributed by atoms with Crippen LogP contribution in [0, 0.1) is 0 Å². The molecule has 3 N–H and O–H groups in total. The Morgan fingerprint density at radius 1 is 1.15 bits per heavy atom. The van der Waals surface area contributed by atoms with Crippen LogP contribution in [0.15, 0.2) is 48.5 Å². The first-order chi connectivity index (χ1) is 12.4. The molecule has 1 aliphatic rings. The largest absolute Gasteiger partial charge is 0.491 e. The fourth-order valence-electron chi connectivity index (χ4n) is 2.98. The summed E-state index contributed by atoms with van der Waals surface area (Å²) in [6, 6.07) is 14.1. The minimum absolute atomic E-state index is 0.0292. The topological polar surface area (TPSA) is 84.7 Å². The van der Waals surface area contributed by atoms with Crippen molar-refractivity contribution in [2.45, 2.75) is 32.4 Å². The molecule has 0 aliphatic carbocycles. The van der Waals surface area contributed by atoms with E-state index in [0.717, 1.165) is 17.1 Å². The van der Waals surface area contributed by atoms with Gasteiger partial charge in [-0.15, -0.1) is 0 Å². The predicted molar refractivity (Wildman–Crippen MR) is 102 cm³/mol. The molecule has 1 unspecified atom stereocenters. The molecule has 6 nitrogen and oxygen atoms in total. The minimum Gasteiger partial charge on any atom is -0.491 e. The first-order valence-electron chi connectivity index (χ1n) is 8.68. The lowest BCUT2D eigenvalue weighted by atomic mass is 10.1. The number of benzene rings is 2. The van der Waals surface area contributed by atoms with Crippen LogP contribution in [0.1, 0.15) is 30.6 Å². The van der Waals surface area contributed by atoms with Gasteiger partial charge in [0.2, 0.25) is 11.8 Å². The van der Waals surface area contributed by atoms with Crippen LogP contribution in [0.2, 0.25) is 0 Å². The molecule has 2 amide bonds. The van der Waals surface area contributed by atoms with Crippen LogP contribution in [-0.2, 0) is 4.79 Å². The molecule has 6 heteroatoms. The number of amides is 2. The molecule has 26 heavy (non-hydrogen) atoms. The van der Waals surface area contributed by atoms with Crippen LogP contribution >= 0.6 is 0 Å². The molecule has 1 saturated heterocycles. The normalized spacial score (nSPS) is 16.8. The average Bonchev–Trinajstić information content (AvgIpc) is 2.96. The Bertz CT molecular complexity index is 785. The number of primary amides is 1. The van der Waals surface area contributed by atoms with Gasteiger partial charge in [0.05, 0.1) is 6.10 Å². The van der Waals surface area contributed by atoms with Crippen molar-refractivity contribution < 1.29 is 14.3 Å². The summed E-state index contributed by atoms with van der Waals surface area (Å²) in [6.45, 7) is 4.61. The summed E-state index contributed by atoms with van der Waals surface area (Å²) >= 11 is 0. The third-order valence-electron chi connectivity index (χ3n) is 4.24. The van der Waals surface area contributed by atoms with Crippen LogP contribution < -0.4 is 20.7 Å². The van der Waals surface area contributed by atoms with Gasteiger partial charge >= 0.3 is 0 Å². The monoisotopic (exact) mass is 353 g/mol. The summed E-state index contributed by atoms with van der Waals surface area (Å²) in [6.07, 6.45) is 0.824. The number of hydrogen-bond donors (Lipinski definition) is 2. The van der Waals surface area contributed by atoms with Gasteiger partial charge in [0.15, 0.2) is 0 Å². The summed E-state index contributed by atoms with van der Waals surface area (Å²) in [7, 11) is 0. The third-order valence-corrected chi connectivity index (χ3v) is 4.24. The van der Waals surface area contributed by atoms with Crippen molar-refractivity contribution in [3.63, 3.8) is 0 Å². The zero-order valence-electron chi connectivity index (χ0n) is 14.9. The second kappa shape index (κ2) is 7.47. The van der Waals surface area contributed by atoms with Gasteiger partial charge < -0.3 is 20.7 Å². The van der Waals surface area contributed by atoms with E-state index in [1.165, 1.54) is 0 Å². The molecule has 0 bridgehead atoms. The van der Waals surface area contributed by atoms with E-state index in [4.69, 9.17) is 10.5 Å². The van der Waals surface area contributed by atoms with E-state index in [1.807, 2.05) is 38.1 Å². The molecule has 2 aromatic rings. The molecule has 0 spiro atoms. The van der Waals surface area contributed by atoms with Crippen LogP contribution in [0.25, 0.3) is 0 Å². The molecule has 1 heterocycles. The molecular formula is C20H23N3O3. The number of hydrogen-bond acceptors (Lipinski definition) is 4. The standard InChI is InChI=1S/C20H23N3O3/c1-13(2)26-17-9-7-16(8-10-17)23-12-11-18(20(23)25)22-15-5-3-14(4-6-15)19(21)24/h3-10,13,18,22H,11-12H2,1-2H3,(H2,21,24). The Balaban J connectivity index is 1.65. The van der Waals surface area contributed by atoms with Crippen LogP contribution in [0.4, 0.5) is 11.4 Å². The highest BCUT2D eigenvalue weighted by molar-refractivity contribution is 6.01. The molecule has 3 rings (SSSR count). The highest BCUT2D eigenvalue weighted by atomic mass is 16.5. The number of nitrogens with two attached hydrogens (primary N) is 1. The van der Waals surface area contributed by atoms with Gasteiger partial charge in [0, 0.05) is 23.5 Å². The van der Waals surface area contributed by atoms with E-state index in [-0.39, 0.29) is 18.1 Å². The number of ether oxygens (including phenoxy) is 1. The lowest BCUT2D eigenvalue weighted by molar-refractivity contribution is -0.117. The van der Waals surface area contributed by atoms with Gasteiger partial charge in [-0.3, -0.25) is 9.59 Å². The Morgan fingerprint density at radius 3 is 2.38 bits per heavy atom. The average molecular weight is 353 g/mol. The molecule has 0 aromatic heterocycles. The summed E-state index contributed by atoms with van der Waals surface area (Å²) in [5.74, 6) is 0.352. The summed E-state index contributed by atoms with van der Waals surface area (Å²) < 4.78 is 5.64. The zero-order valence-corrected chi connectivity index (χ0v) is 14.9. The highest BCUT2D eigenvalue weighted by Crippen LogP contribution is 2.26. The molecule has 1 atom stereocenters. The maximum Gasteiger partial charge on any atom is 0.249 e. The Labute approximate surface area is 152 Å². The second-order valence-corrected chi connectivity index (χ2v) is 6.58. The van der Waals surface area contributed by atoms with Crippen molar-refractivity contribution in [2.75, 3.05) is 16.8 Å². The Morgan fingerprint density at radius 2 is 1.81 bits per heavy atom. The number of carbonyl (C=O) groups excluding carboxylic acids is 2. The highest BCUT2D eigenvalue weighted by Gasteiger charge is 2.32. The van der Waals surface area contributed by atoms with Gasteiger partial charge in [-0.25, -0.2) is 0 Å². The van der Waals surface area contributed by atoms with Crippen LogP contribution in [0.5, 0.6) is 5.75 Å². The van der Waals surface area contributed by atoms with Crippen molar-refractivity contribution in [1.29, 1.82) is 0 Å². The van der Waals surface area contributed by atoms with Crippen LogP contribution in [0.3, 0.4) is 0 Å². The fraction of sp³-hybridized carbons (Fsp3) is 0.300. The van der Waals surface area contributed by atoms with E-state index in [2.05, 4.69) is 5.32 Å². The fourth-order valence-corrected chi connectivity index (χ4v) is 2.98. The second-order valence-electron chi connectivity index (χ2n) is 6.58. The lowest BCUT2D eigenvalue weighted by Gasteiger charge is -2.18. The van der Waals surface area contributed by atoms with E-state index < -0.39 is 5.91 Å². The van der Waals surface area contributed by atoms with Gasteiger partial charge in [-0.2, -0.15) is 0 Å². The zero-order chi connectivity index (χ0) is 18.7. The minimum atomic E-state index is -0.468. The van der Waals surface area contributed by atoms with E-state index >= 15 is 0 Å². The molecular weight excluding hydrogens is 330 g/mol. The van der Waals surface area contributed by atoms with Crippen molar-refractivity contribution >= 4 is 23.2 Å². The quantitative estimate of drug-likeness (QED) is 0.836. The van der Waals surface area contributed by atoms with Gasteiger partial charge in [0.25, 0.3) is 0 Å². The van der Waals surface area contributed by atoms with Gasteiger partial charge in [0.1, 0.15) is 11.8 Å². The number of rotatable bonds is 6. The van der Waals surface area contributed by atoms with Gasteiger partial charge in [-0.05, 0) is 68.8 Å². The number of carbonyl (C=O) groups is 2. The van der Waals surface area contributed by atoms with Crippen molar-refractivity contribution in [3.8, 4) is 5.75 Å². The SMILES string of the molecule is CC(C)Oc1ccc(N2CCC(Nc3ccc(C(N)=O)cc3)C2=O)cc1. The molecule has 1 aliphatic heterocycles. The summed E-state index contributed by atoms with van der Waals surface area (Å²) in [5.41, 5.74) is 7.33. The number of anilines is 2. The molecule has 2 aromatic carbocycles. The van der Waals surface area contributed by atoms with E-state index in [1.54, 1.807) is 29.2 Å². The van der Waals surface area contributed by atoms with Crippen LogP contribution in [-0.4, -0.2) is 30.5 Å². The molecule has 0 saturated carbocycles. The maximum absolute atomic E-state index is 12.7. The number of nitrogens with zero attached hydrogens (tertiary/aromatic N) is 1. The van der Waals surface area contributed by atoms with Crippen molar-refractivity contribution in [1.82, 2.24) is 0 Å². The molecule has 1 fully saturated rings. The van der Waals surface area contributed by atoms with Gasteiger partial charge in [-0.1, -0.05) is 0 Å². The first-order valence-corrected chi connectivity index (χ1v) is 8.68. The third kappa shape index (κ3) is 3.96. The Hall–Kier alpha value is -3.02. The lowest BCUT2D eigenvalue weighted by Crippen LogP contribution is -2.33. The maximum atomic E-state index is 12.7. The molecule has 0 radical (unpaired) electrons. The van der Waals surface area contributed by atoms with Crippen molar-refractivity contribution in [3.05, 3.63) is 54.1 Å². The first kappa shape index (κ1) is 17.8. The predicted octanol–water partition coefficient (Wildman–Crippen LogP) is 2.79. The Kier molecular flexibility index (Phi) is 5.11. The van der Waals surface area contributed by atoms with Crippen molar-refractivity contribution in [2.24, 2.45) is 5.73 Å². The summed E-state index contributed by atoms with van der Waals surface area (Å²) in [5, 5.41) is 3.23.